The van der Waals surface area contributed by atoms with Crippen molar-refractivity contribution in [1.82, 2.24) is 20.9 Å². The summed E-state index contributed by atoms with van der Waals surface area (Å²) in [7, 11) is 0. The summed E-state index contributed by atoms with van der Waals surface area (Å²) in [6.45, 7) is 4.84. The highest BCUT2D eigenvalue weighted by Gasteiger charge is 2.51. The normalized spacial score (nSPS) is 27.6. The van der Waals surface area contributed by atoms with Gasteiger partial charge in [0.1, 0.15) is 0 Å². The third-order valence-corrected chi connectivity index (χ3v) is 7.61. The molecule has 0 aromatic heterocycles. The van der Waals surface area contributed by atoms with Crippen LogP contribution in [0.1, 0.15) is 40.7 Å². The average Bonchev–Trinajstić information content (AvgIpc) is 3.12. The third kappa shape index (κ3) is 4.82. The van der Waals surface area contributed by atoms with Crippen molar-refractivity contribution >= 4 is 11.8 Å². The fourth-order valence-corrected chi connectivity index (χ4v) is 5.82. The summed E-state index contributed by atoms with van der Waals surface area (Å²) in [4.78, 5) is 29.1. The van der Waals surface area contributed by atoms with Crippen molar-refractivity contribution in [2.24, 2.45) is 11.8 Å². The number of carbonyl (C=O) groups is 2. The SMILES string of the molecule is O=C1N[C@]2(CCc3ccccc31)CN(Cc1ccccc1)C[C@H]2C(=O)NC[C@H]1CCCNC1. The number of aryl methyl sites for hydroxylation is 1. The van der Waals surface area contributed by atoms with Crippen molar-refractivity contribution in [3.63, 3.8) is 0 Å². The van der Waals surface area contributed by atoms with Gasteiger partial charge in [0.25, 0.3) is 5.91 Å². The Morgan fingerprint density at radius 3 is 2.76 bits per heavy atom. The van der Waals surface area contributed by atoms with Crippen LogP contribution in [0.15, 0.2) is 54.6 Å². The molecular formula is C27H34N4O2. The fraction of sp³-hybridized carbons (Fsp3) is 0.481. The van der Waals surface area contributed by atoms with Gasteiger partial charge >= 0.3 is 0 Å². The summed E-state index contributed by atoms with van der Waals surface area (Å²) >= 11 is 0. The first-order valence-corrected chi connectivity index (χ1v) is 12.3. The highest BCUT2D eigenvalue weighted by molar-refractivity contribution is 5.97. The lowest BCUT2D eigenvalue weighted by atomic mass is 9.82. The van der Waals surface area contributed by atoms with Crippen molar-refractivity contribution in [2.75, 3.05) is 32.7 Å². The highest BCUT2D eigenvalue weighted by atomic mass is 16.2. The lowest BCUT2D eigenvalue weighted by Gasteiger charge is -2.34. The molecular weight excluding hydrogens is 412 g/mol. The maximum absolute atomic E-state index is 13.5. The van der Waals surface area contributed by atoms with Crippen LogP contribution >= 0.6 is 0 Å². The van der Waals surface area contributed by atoms with E-state index in [9.17, 15) is 9.59 Å². The molecule has 2 amide bonds. The number of rotatable bonds is 5. The Labute approximate surface area is 196 Å². The Bertz CT molecular complexity index is 989. The molecule has 33 heavy (non-hydrogen) atoms. The van der Waals surface area contributed by atoms with Crippen LogP contribution in [0.3, 0.4) is 0 Å². The first-order valence-electron chi connectivity index (χ1n) is 12.3. The molecule has 3 heterocycles. The monoisotopic (exact) mass is 446 g/mol. The number of carbonyl (C=O) groups excluding carboxylic acids is 2. The molecule has 0 radical (unpaired) electrons. The number of nitrogens with zero attached hydrogens (tertiary/aromatic N) is 1. The van der Waals surface area contributed by atoms with E-state index in [4.69, 9.17) is 0 Å². The second kappa shape index (κ2) is 9.65. The molecule has 0 unspecified atom stereocenters. The number of benzene rings is 2. The number of hydrogen-bond acceptors (Lipinski definition) is 4. The van der Waals surface area contributed by atoms with E-state index in [0.29, 0.717) is 25.6 Å². The largest absolute Gasteiger partial charge is 0.355 e. The molecule has 3 aliphatic rings. The first-order chi connectivity index (χ1) is 16.1. The Morgan fingerprint density at radius 1 is 1.12 bits per heavy atom. The van der Waals surface area contributed by atoms with E-state index >= 15 is 0 Å². The van der Waals surface area contributed by atoms with E-state index in [-0.39, 0.29) is 17.7 Å². The Kier molecular flexibility index (Phi) is 6.47. The van der Waals surface area contributed by atoms with Crippen LogP contribution in [-0.2, 0) is 17.8 Å². The number of hydrogen-bond donors (Lipinski definition) is 3. The summed E-state index contributed by atoms with van der Waals surface area (Å²) in [5.41, 5.74) is 2.48. The molecule has 6 heteroatoms. The van der Waals surface area contributed by atoms with E-state index in [1.165, 1.54) is 5.56 Å². The van der Waals surface area contributed by atoms with Crippen LogP contribution in [0.25, 0.3) is 0 Å². The molecule has 2 saturated heterocycles. The Morgan fingerprint density at radius 2 is 1.94 bits per heavy atom. The summed E-state index contributed by atoms with van der Waals surface area (Å²) in [5.74, 6) is 0.228. The van der Waals surface area contributed by atoms with Crippen LogP contribution in [0.2, 0.25) is 0 Å². The topological polar surface area (TPSA) is 73.5 Å². The quantitative estimate of drug-likeness (QED) is 0.659. The van der Waals surface area contributed by atoms with Gasteiger partial charge in [-0.2, -0.15) is 0 Å². The predicted molar refractivity (Wildman–Crippen MR) is 129 cm³/mol. The maximum atomic E-state index is 13.5. The lowest BCUT2D eigenvalue weighted by Crippen LogP contribution is -2.57. The van der Waals surface area contributed by atoms with Crippen molar-refractivity contribution < 1.29 is 9.59 Å². The van der Waals surface area contributed by atoms with E-state index in [2.05, 4.69) is 33.0 Å². The second-order valence-corrected chi connectivity index (χ2v) is 9.93. The predicted octanol–water partition coefficient (Wildman–Crippen LogP) is 2.35. The summed E-state index contributed by atoms with van der Waals surface area (Å²) in [6.07, 6.45) is 3.87. The van der Waals surface area contributed by atoms with Gasteiger partial charge in [-0.15, -0.1) is 0 Å². The molecule has 0 aliphatic carbocycles. The third-order valence-electron chi connectivity index (χ3n) is 7.61. The molecule has 5 rings (SSSR count). The Balaban J connectivity index is 1.36. The molecule has 2 fully saturated rings. The standard InChI is InChI=1S/C27H34N4O2/c32-25-23-11-5-4-10-22(23)12-13-27(30-25)19-31(17-20-7-2-1-3-8-20)18-24(27)26(33)29-16-21-9-6-14-28-15-21/h1-5,7-8,10-11,21,24,28H,6,9,12-19H2,(H,29,33)(H,30,32)/t21-,24-,27+/m0/s1. The van der Waals surface area contributed by atoms with Crippen LogP contribution in [0.5, 0.6) is 0 Å². The molecule has 174 valence electrons. The number of fused-ring (bicyclic) bond motifs is 1. The van der Waals surface area contributed by atoms with Gasteiger partial charge in [-0.25, -0.2) is 0 Å². The summed E-state index contributed by atoms with van der Waals surface area (Å²) < 4.78 is 0. The number of amides is 2. The fourth-order valence-electron chi connectivity index (χ4n) is 5.82. The van der Waals surface area contributed by atoms with E-state index in [0.717, 1.165) is 56.4 Å². The van der Waals surface area contributed by atoms with Crippen molar-refractivity contribution in [1.29, 1.82) is 0 Å². The van der Waals surface area contributed by atoms with Crippen molar-refractivity contribution in [2.45, 2.75) is 37.8 Å². The number of piperidine rings is 1. The average molecular weight is 447 g/mol. The second-order valence-electron chi connectivity index (χ2n) is 9.93. The highest BCUT2D eigenvalue weighted by Crippen LogP contribution is 2.36. The van der Waals surface area contributed by atoms with Gasteiger partial charge in [0.15, 0.2) is 0 Å². The molecule has 6 nitrogen and oxygen atoms in total. The maximum Gasteiger partial charge on any atom is 0.252 e. The van der Waals surface area contributed by atoms with Gasteiger partial charge in [-0.3, -0.25) is 14.5 Å². The zero-order chi connectivity index (χ0) is 22.7. The van der Waals surface area contributed by atoms with Crippen LogP contribution < -0.4 is 16.0 Å². The van der Waals surface area contributed by atoms with Gasteiger partial charge in [0.05, 0.1) is 11.5 Å². The van der Waals surface area contributed by atoms with Crippen molar-refractivity contribution in [3.05, 3.63) is 71.3 Å². The number of nitrogens with one attached hydrogen (secondary N) is 3. The lowest BCUT2D eigenvalue weighted by molar-refractivity contribution is -0.126. The minimum atomic E-state index is -0.556. The molecule has 2 aromatic carbocycles. The summed E-state index contributed by atoms with van der Waals surface area (Å²) in [5, 5.41) is 10.0. The number of likely N-dealkylation sites (tertiary alicyclic amines) is 1. The smallest absolute Gasteiger partial charge is 0.252 e. The molecule has 0 bridgehead atoms. The van der Waals surface area contributed by atoms with Crippen LogP contribution in [0.4, 0.5) is 0 Å². The van der Waals surface area contributed by atoms with Gasteiger partial charge in [0.2, 0.25) is 5.91 Å². The van der Waals surface area contributed by atoms with Gasteiger partial charge in [-0.1, -0.05) is 48.5 Å². The van der Waals surface area contributed by atoms with E-state index in [1.54, 1.807) is 0 Å². The summed E-state index contributed by atoms with van der Waals surface area (Å²) in [6, 6.07) is 18.2. The molecule has 3 aliphatic heterocycles. The minimum absolute atomic E-state index is 0.0565. The molecule has 2 aromatic rings. The van der Waals surface area contributed by atoms with Gasteiger partial charge < -0.3 is 16.0 Å². The van der Waals surface area contributed by atoms with Crippen molar-refractivity contribution in [3.8, 4) is 0 Å². The minimum Gasteiger partial charge on any atom is -0.355 e. The van der Waals surface area contributed by atoms with E-state index in [1.807, 2.05) is 42.5 Å². The molecule has 1 spiro atoms. The molecule has 0 saturated carbocycles. The van der Waals surface area contributed by atoms with Gasteiger partial charge in [0, 0.05) is 31.7 Å². The van der Waals surface area contributed by atoms with Gasteiger partial charge in [-0.05, 0) is 61.9 Å². The van der Waals surface area contributed by atoms with Crippen LogP contribution in [0, 0.1) is 11.8 Å². The van der Waals surface area contributed by atoms with Crippen LogP contribution in [-0.4, -0.2) is 55.0 Å². The first kappa shape index (κ1) is 22.1. The zero-order valence-corrected chi connectivity index (χ0v) is 19.2. The van der Waals surface area contributed by atoms with E-state index < -0.39 is 5.54 Å². The molecule has 3 N–H and O–H groups in total. The zero-order valence-electron chi connectivity index (χ0n) is 19.2. The molecule has 3 atom stereocenters. The Hall–Kier alpha value is -2.70.